The normalized spacial score (nSPS) is 10.5. The van der Waals surface area contributed by atoms with Gasteiger partial charge in [-0.25, -0.2) is 0 Å². The Hall–Kier alpha value is -0.810. The SMILES string of the molecule is CC#CCCC(=O)COC(C)(C)C. The van der Waals surface area contributed by atoms with Gasteiger partial charge in [-0.05, 0) is 27.7 Å². The van der Waals surface area contributed by atoms with Crippen molar-refractivity contribution in [3.05, 3.63) is 0 Å². The van der Waals surface area contributed by atoms with Crippen molar-refractivity contribution in [2.24, 2.45) is 0 Å². The highest BCUT2D eigenvalue weighted by molar-refractivity contribution is 5.79. The standard InChI is InChI=1S/C11H18O2/c1-5-6-7-8-10(12)9-13-11(2,3)4/h7-9H2,1-4H3. The van der Waals surface area contributed by atoms with Crippen molar-refractivity contribution in [3.8, 4) is 11.8 Å². The lowest BCUT2D eigenvalue weighted by Gasteiger charge is -2.18. The van der Waals surface area contributed by atoms with E-state index in [1.54, 1.807) is 6.92 Å². The summed E-state index contributed by atoms with van der Waals surface area (Å²) < 4.78 is 5.32. The minimum Gasteiger partial charge on any atom is -0.368 e. The van der Waals surface area contributed by atoms with Crippen LogP contribution >= 0.6 is 0 Å². The summed E-state index contributed by atoms with van der Waals surface area (Å²) in [6.07, 6.45) is 1.14. The molecular formula is C11H18O2. The highest BCUT2D eigenvalue weighted by atomic mass is 16.5. The van der Waals surface area contributed by atoms with Gasteiger partial charge in [0.2, 0.25) is 0 Å². The summed E-state index contributed by atoms with van der Waals surface area (Å²) >= 11 is 0. The van der Waals surface area contributed by atoms with E-state index in [0.717, 1.165) is 0 Å². The van der Waals surface area contributed by atoms with E-state index in [9.17, 15) is 4.79 Å². The van der Waals surface area contributed by atoms with Crippen LogP contribution in [0.15, 0.2) is 0 Å². The molecule has 0 saturated carbocycles. The zero-order valence-electron chi connectivity index (χ0n) is 8.94. The first-order chi connectivity index (χ1) is 5.95. The molecule has 0 bridgehead atoms. The zero-order valence-corrected chi connectivity index (χ0v) is 8.94. The lowest BCUT2D eigenvalue weighted by atomic mass is 10.2. The molecule has 0 saturated heterocycles. The third kappa shape index (κ3) is 9.10. The van der Waals surface area contributed by atoms with Crippen LogP contribution in [0.4, 0.5) is 0 Å². The fourth-order valence-electron chi connectivity index (χ4n) is 0.696. The van der Waals surface area contributed by atoms with E-state index in [-0.39, 0.29) is 18.0 Å². The average Bonchev–Trinajstić information content (AvgIpc) is 2.00. The van der Waals surface area contributed by atoms with Crippen LogP contribution in [0.5, 0.6) is 0 Å². The molecule has 2 nitrogen and oxygen atoms in total. The van der Waals surface area contributed by atoms with E-state index in [2.05, 4.69) is 11.8 Å². The van der Waals surface area contributed by atoms with Crippen LogP contribution in [0.2, 0.25) is 0 Å². The van der Waals surface area contributed by atoms with Gasteiger partial charge in [-0.2, -0.15) is 0 Å². The summed E-state index contributed by atoms with van der Waals surface area (Å²) in [6, 6.07) is 0. The molecule has 2 heteroatoms. The van der Waals surface area contributed by atoms with Gasteiger partial charge in [0.25, 0.3) is 0 Å². The number of carbonyl (C=O) groups is 1. The van der Waals surface area contributed by atoms with Crippen LogP contribution < -0.4 is 0 Å². The third-order valence-corrected chi connectivity index (χ3v) is 1.37. The second kappa shape index (κ2) is 5.77. The number of Topliss-reactive ketones (excluding diaryl/α,β-unsaturated/α-hetero) is 1. The molecule has 0 aromatic heterocycles. The largest absolute Gasteiger partial charge is 0.368 e. The molecule has 0 aliphatic heterocycles. The number of carbonyl (C=O) groups excluding carboxylic acids is 1. The summed E-state index contributed by atoms with van der Waals surface area (Å²) in [5.41, 5.74) is -0.230. The van der Waals surface area contributed by atoms with Crippen LogP contribution in [0, 0.1) is 11.8 Å². The fraction of sp³-hybridized carbons (Fsp3) is 0.727. The van der Waals surface area contributed by atoms with E-state index in [1.165, 1.54) is 0 Å². The monoisotopic (exact) mass is 182 g/mol. The number of hydrogen-bond donors (Lipinski definition) is 0. The Morgan fingerprint density at radius 1 is 1.38 bits per heavy atom. The van der Waals surface area contributed by atoms with Crippen molar-refractivity contribution < 1.29 is 9.53 Å². The van der Waals surface area contributed by atoms with Gasteiger partial charge in [-0.15, -0.1) is 11.8 Å². The van der Waals surface area contributed by atoms with E-state index >= 15 is 0 Å². The first-order valence-electron chi connectivity index (χ1n) is 4.51. The first-order valence-corrected chi connectivity index (χ1v) is 4.51. The molecular weight excluding hydrogens is 164 g/mol. The summed E-state index contributed by atoms with van der Waals surface area (Å²) in [5.74, 6) is 5.73. The Morgan fingerprint density at radius 2 is 2.00 bits per heavy atom. The van der Waals surface area contributed by atoms with E-state index in [0.29, 0.717) is 12.8 Å². The smallest absolute Gasteiger partial charge is 0.159 e. The molecule has 0 aromatic rings. The number of hydrogen-bond acceptors (Lipinski definition) is 2. The van der Waals surface area contributed by atoms with Gasteiger partial charge < -0.3 is 4.74 Å². The van der Waals surface area contributed by atoms with Crippen LogP contribution in [0.1, 0.15) is 40.5 Å². The lowest BCUT2D eigenvalue weighted by Crippen LogP contribution is -2.23. The van der Waals surface area contributed by atoms with E-state index < -0.39 is 0 Å². The molecule has 0 aliphatic rings. The second-order valence-corrected chi connectivity index (χ2v) is 3.87. The van der Waals surface area contributed by atoms with Crippen molar-refractivity contribution in [1.82, 2.24) is 0 Å². The quantitative estimate of drug-likeness (QED) is 0.623. The minimum atomic E-state index is -0.230. The molecule has 0 atom stereocenters. The highest BCUT2D eigenvalue weighted by Gasteiger charge is 2.12. The summed E-state index contributed by atoms with van der Waals surface area (Å²) in [6.45, 7) is 7.79. The van der Waals surface area contributed by atoms with Crippen molar-refractivity contribution in [3.63, 3.8) is 0 Å². The van der Waals surface area contributed by atoms with Crippen molar-refractivity contribution >= 4 is 5.78 Å². The molecule has 13 heavy (non-hydrogen) atoms. The molecule has 0 fully saturated rings. The summed E-state index contributed by atoms with van der Waals surface area (Å²) in [7, 11) is 0. The van der Waals surface area contributed by atoms with Crippen molar-refractivity contribution in [2.75, 3.05) is 6.61 Å². The molecule has 0 heterocycles. The van der Waals surface area contributed by atoms with Crippen LogP contribution in [0.3, 0.4) is 0 Å². The average molecular weight is 182 g/mol. The first kappa shape index (κ1) is 12.2. The fourth-order valence-corrected chi connectivity index (χ4v) is 0.696. The molecule has 0 aromatic carbocycles. The molecule has 0 rings (SSSR count). The maximum atomic E-state index is 11.2. The van der Waals surface area contributed by atoms with Crippen LogP contribution in [-0.2, 0) is 9.53 Å². The maximum Gasteiger partial charge on any atom is 0.159 e. The van der Waals surface area contributed by atoms with Gasteiger partial charge >= 0.3 is 0 Å². The van der Waals surface area contributed by atoms with Crippen LogP contribution in [-0.4, -0.2) is 18.0 Å². The Balaban J connectivity index is 3.56. The lowest BCUT2D eigenvalue weighted by molar-refractivity contribution is -0.128. The van der Waals surface area contributed by atoms with Gasteiger partial charge in [0.15, 0.2) is 5.78 Å². The van der Waals surface area contributed by atoms with E-state index in [1.807, 2.05) is 20.8 Å². The molecule has 0 radical (unpaired) electrons. The van der Waals surface area contributed by atoms with Gasteiger partial charge in [-0.1, -0.05) is 0 Å². The molecule has 0 aliphatic carbocycles. The van der Waals surface area contributed by atoms with Gasteiger partial charge in [0, 0.05) is 12.8 Å². The molecule has 0 amide bonds. The Morgan fingerprint density at radius 3 is 2.46 bits per heavy atom. The summed E-state index contributed by atoms with van der Waals surface area (Å²) in [4.78, 5) is 11.2. The number of ketones is 1. The summed E-state index contributed by atoms with van der Waals surface area (Å²) in [5, 5.41) is 0. The molecule has 74 valence electrons. The Labute approximate surface area is 80.7 Å². The van der Waals surface area contributed by atoms with Gasteiger partial charge in [-0.3, -0.25) is 4.79 Å². The molecule has 0 spiro atoms. The molecule has 0 unspecified atom stereocenters. The predicted octanol–water partition coefficient (Wildman–Crippen LogP) is 2.17. The third-order valence-electron chi connectivity index (χ3n) is 1.37. The molecule has 0 N–H and O–H groups in total. The predicted molar refractivity (Wildman–Crippen MR) is 53.4 cm³/mol. The van der Waals surface area contributed by atoms with Crippen LogP contribution in [0.25, 0.3) is 0 Å². The maximum absolute atomic E-state index is 11.2. The topological polar surface area (TPSA) is 26.3 Å². The van der Waals surface area contributed by atoms with E-state index in [4.69, 9.17) is 4.74 Å². The minimum absolute atomic E-state index is 0.123. The number of rotatable bonds is 4. The van der Waals surface area contributed by atoms with Crippen molar-refractivity contribution in [1.29, 1.82) is 0 Å². The Bertz CT molecular complexity index is 212. The second-order valence-electron chi connectivity index (χ2n) is 3.87. The van der Waals surface area contributed by atoms with Gasteiger partial charge in [0.05, 0.1) is 5.60 Å². The Kier molecular flexibility index (Phi) is 5.41. The highest BCUT2D eigenvalue weighted by Crippen LogP contribution is 2.06. The number of ether oxygens (including phenoxy) is 1. The van der Waals surface area contributed by atoms with Crippen molar-refractivity contribution in [2.45, 2.75) is 46.1 Å². The van der Waals surface area contributed by atoms with Gasteiger partial charge in [0.1, 0.15) is 6.61 Å². The zero-order chi connectivity index (χ0) is 10.3.